The summed E-state index contributed by atoms with van der Waals surface area (Å²) in [5.41, 5.74) is 7.68. The number of aliphatic hydroxyl groups is 1. The second-order valence-electron chi connectivity index (χ2n) is 6.24. The van der Waals surface area contributed by atoms with Crippen molar-refractivity contribution in [3.05, 3.63) is 41.9 Å². The van der Waals surface area contributed by atoms with Crippen molar-refractivity contribution in [2.75, 3.05) is 24.1 Å². The molecule has 1 aliphatic rings. The summed E-state index contributed by atoms with van der Waals surface area (Å²) in [6.07, 6.45) is 1.26. The number of hydrogen-bond donors (Lipinski definition) is 3. The number of nitrogen functional groups attached to an aromatic ring is 1. The smallest absolute Gasteiger partial charge is 0.274 e. The van der Waals surface area contributed by atoms with Gasteiger partial charge in [-0.15, -0.1) is 11.3 Å². The molecule has 1 saturated heterocycles. The maximum atomic E-state index is 12.8. The molecule has 4 N–H and O–H groups in total. The molecule has 0 spiro atoms. The first-order chi connectivity index (χ1) is 12.5. The summed E-state index contributed by atoms with van der Waals surface area (Å²) in [4.78, 5) is 27.6. The lowest BCUT2D eigenvalue weighted by molar-refractivity contribution is 0.00567. The quantitative estimate of drug-likeness (QED) is 0.639. The van der Waals surface area contributed by atoms with Gasteiger partial charge in [0.15, 0.2) is 5.69 Å². The number of pyridine rings is 1. The van der Waals surface area contributed by atoms with E-state index in [-0.39, 0.29) is 11.9 Å². The molecular formula is C17H18N6O2S. The van der Waals surface area contributed by atoms with E-state index in [1.165, 1.54) is 11.3 Å². The summed E-state index contributed by atoms with van der Waals surface area (Å²) in [5.74, 6) is 0.121. The highest BCUT2D eigenvalue weighted by molar-refractivity contribution is 7.22. The number of hydrogen-bond acceptors (Lipinski definition) is 8. The number of nitrogens with zero attached hydrogens (tertiary/aromatic N) is 4. The number of anilines is 2. The van der Waals surface area contributed by atoms with Crippen LogP contribution in [0.1, 0.15) is 29.1 Å². The van der Waals surface area contributed by atoms with Gasteiger partial charge in [-0.1, -0.05) is 6.07 Å². The highest BCUT2D eigenvalue weighted by atomic mass is 32.1. The fourth-order valence-electron chi connectivity index (χ4n) is 2.83. The van der Waals surface area contributed by atoms with Gasteiger partial charge in [0.2, 0.25) is 5.95 Å². The maximum Gasteiger partial charge on any atom is 0.274 e. The van der Waals surface area contributed by atoms with Crippen molar-refractivity contribution in [1.29, 1.82) is 0 Å². The van der Waals surface area contributed by atoms with Gasteiger partial charge >= 0.3 is 0 Å². The van der Waals surface area contributed by atoms with Crippen molar-refractivity contribution in [3.8, 4) is 0 Å². The molecule has 1 aliphatic heterocycles. The number of aromatic nitrogens is 3. The van der Waals surface area contributed by atoms with Gasteiger partial charge < -0.3 is 21.1 Å². The Morgan fingerprint density at radius 2 is 2.23 bits per heavy atom. The molecule has 9 heteroatoms. The molecule has 26 heavy (non-hydrogen) atoms. The molecule has 8 nitrogen and oxygen atoms in total. The van der Waals surface area contributed by atoms with Crippen LogP contribution < -0.4 is 11.1 Å². The van der Waals surface area contributed by atoms with Crippen molar-refractivity contribution in [1.82, 2.24) is 19.9 Å². The van der Waals surface area contributed by atoms with Gasteiger partial charge in [-0.05, 0) is 25.1 Å². The lowest BCUT2D eigenvalue weighted by Gasteiger charge is -2.35. The van der Waals surface area contributed by atoms with Gasteiger partial charge in [0.05, 0.1) is 33.1 Å². The number of aliphatic hydroxyl groups excluding tert-OH is 1. The van der Waals surface area contributed by atoms with E-state index in [0.717, 1.165) is 5.69 Å². The minimum Gasteiger partial charge on any atom is -0.391 e. The van der Waals surface area contributed by atoms with Crippen molar-refractivity contribution in [2.24, 2.45) is 0 Å². The van der Waals surface area contributed by atoms with Gasteiger partial charge in [-0.25, -0.2) is 9.97 Å². The van der Waals surface area contributed by atoms with Gasteiger partial charge in [-0.2, -0.15) is 0 Å². The van der Waals surface area contributed by atoms with Crippen LogP contribution in [0.25, 0.3) is 10.2 Å². The second-order valence-corrected chi connectivity index (χ2v) is 7.33. The molecule has 0 saturated carbocycles. The van der Waals surface area contributed by atoms with E-state index in [9.17, 15) is 9.90 Å². The highest BCUT2D eigenvalue weighted by Gasteiger charge is 2.32. The van der Waals surface area contributed by atoms with Crippen LogP contribution in [0.2, 0.25) is 0 Å². The van der Waals surface area contributed by atoms with Crippen LogP contribution in [0.5, 0.6) is 0 Å². The van der Waals surface area contributed by atoms with E-state index in [0.29, 0.717) is 39.9 Å². The molecule has 0 aliphatic carbocycles. The highest BCUT2D eigenvalue weighted by Crippen LogP contribution is 2.31. The molecule has 3 aromatic heterocycles. The van der Waals surface area contributed by atoms with Gasteiger partial charge in [0, 0.05) is 19.3 Å². The Balaban J connectivity index is 1.68. The molecule has 0 bridgehead atoms. The van der Waals surface area contributed by atoms with E-state index in [1.807, 2.05) is 25.1 Å². The van der Waals surface area contributed by atoms with E-state index in [4.69, 9.17) is 5.73 Å². The molecule has 4 heterocycles. The Bertz CT molecular complexity index is 955. The lowest BCUT2D eigenvalue weighted by atomic mass is 10.1. The standard InChI is InChI=1S/C17H18N6O2S/c1-9(11-4-2-3-5-19-11)20-17-21-12-6-13(18)26-15(12)14(22-17)16(25)23-7-10(24)8-23/h2-6,9-10,24H,7-8,18H2,1H3,(H,20,21,22). The molecule has 4 rings (SSSR count). The number of carbonyl (C=O) groups is 1. The Morgan fingerprint density at radius 3 is 2.92 bits per heavy atom. The predicted molar refractivity (Wildman–Crippen MR) is 100 cm³/mol. The number of nitrogens with two attached hydrogens (primary N) is 1. The maximum absolute atomic E-state index is 12.8. The van der Waals surface area contributed by atoms with Gasteiger partial charge in [0.1, 0.15) is 0 Å². The molecule has 0 radical (unpaired) electrons. The van der Waals surface area contributed by atoms with Crippen molar-refractivity contribution in [2.45, 2.75) is 19.1 Å². The Morgan fingerprint density at radius 1 is 1.42 bits per heavy atom. The van der Waals surface area contributed by atoms with Crippen LogP contribution in [0.3, 0.4) is 0 Å². The molecular weight excluding hydrogens is 352 g/mol. The molecule has 1 unspecified atom stereocenters. The summed E-state index contributed by atoms with van der Waals surface area (Å²) in [6.45, 7) is 2.59. The average molecular weight is 370 g/mol. The largest absolute Gasteiger partial charge is 0.391 e. The second kappa shape index (κ2) is 6.50. The molecule has 3 aromatic rings. The first kappa shape index (κ1) is 16.7. The fourth-order valence-corrected chi connectivity index (χ4v) is 3.67. The fraction of sp³-hybridized carbons (Fsp3) is 0.294. The summed E-state index contributed by atoms with van der Waals surface area (Å²) in [5, 5.41) is 13.2. The van der Waals surface area contributed by atoms with E-state index in [2.05, 4.69) is 20.3 Å². The average Bonchev–Trinajstić information content (AvgIpc) is 2.98. The number of amides is 1. The normalized spacial score (nSPS) is 15.7. The van der Waals surface area contributed by atoms with E-state index < -0.39 is 6.10 Å². The van der Waals surface area contributed by atoms with Crippen LogP contribution in [0, 0.1) is 0 Å². The van der Waals surface area contributed by atoms with Crippen molar-refractivity contribution in [3.63, 3.8) is 0 Å². The van der Waals surface area contributed by atoms with Crippen molar-refractivity contribution >= 4 is 38.4 Å². The number of carbonyl (C=O) groups excluding carboxylic acids is 1. The third kappa shape index (κ3) is 3.06. The van der Waals surface area contributed by atoms with E-state index in [1.54, 1.807) is 17.2 Å². The number of likely N-dealkylation sites (tertiary alicyclic amines) is 1. The Kier molecular flexibility index (Phi) is 4.17. The van der Waals surface area contributed by atoms with E-state index >= 15 is 0 Å². The van der Waals surface area contributed by atoms with Crippen LogP contribution in [-0.2, 0) is 0 Å². The van der Waals surface area contributed by atoms with Gasteiger partial charge in [0.25, 0.3) is 5.91 Å². The summed E-state index contributed by atoms with van der Waals surface area (Å²) >= 11 is 1.29. The molecule has 1 amide bonds. The summed E-state index contributed by atoms with van der Waals surface area (Å²) in [7, 11) is 0. The predicted octanol–water partition coefficient (Wildman–Crippen LogP) is 1.66. The minimum atomic E-state index is -0.466. The monoisotopic (exact) mass is 370 g/mol. The molecule has 0 aromatic carbocycles. The number of β-amino-alcohol motifs (C(OH)–C–C–N with tert-alkyl or cyclic N) is 1. The Hall–Kier alpha value is -2.78. The van der Waals surface area contributed by atoms with Gasteiger partial charge in [-0.3, -0.25) is 9.78 Å². The summed E-state index contributed by atoms with van der Waals surface area (Å²) < 4.78 is 0.657. The van der Waals surface area contributed by atoms with Crippen LogP contribution in [0.15, 0.2) is 30.5 Å². The number of fused-ring (bicyclic) bond motifs is 1. The zero-order valence-electron chi connectivity index (χ0n) is 14.1. The third-order valence-corrected chi connectivity index (χ3v) is 5.18. The lowest BCUT2D eigenvalue weighted by Crippen LogP contribution is -2.53. The van der Waals surface area contributed by atoms with Crippen molar-refractivity contribution < 1.29 is 9.90 Å². The zero-order chi connectivity index (χ0) is 18.3. The number of thiophene rings is 1. The minimum absolute atomic E-state index is 0.126. The first-order valence-electron chi connectivity index (χ1n) is 8.23. The molecule has 1 fully saturated rings. The third-order valence-electron chi connectivity index (χ3n) is 4.22. The topological polar surface area (TPSA) is 117 Å². The van der Waals surface area contributed by atoms with Crippen LogP contribution in [-0.4, -0.2) is 50.1 Å². The molecule has 134 valence electrons. The van der Waals surface area contributed by atoms with Crippen LogP contribution >= 0.6 is 11.3 Å². The SMILES string of the molecule is CC(Nc1nc(C(=O)N2CC(O)C2)c2sc(N)cc2n1)c1ccccn1. The number of rotatable bonds is 4. The zero-order valence-corrected chi connectivity index (χ0v) is 14.9. The first-order valence-corrected chi connectivity index (χ1v) is 9.05. The number of nitrogens with one attached hydrogen (secondary N) is 1. The Labute approximate surface area is 153 Å². The van der Waals surface area contributed by atoms with Crippen LogP contribution in [0.4, 0.5) is 10.9 Å². The molecule has 1 atom stereocenters. The summed E-state index contributed by atoms with van der Waals surface area (Å²) in [6, 6.07) is 7.28.